The van der Waals surface area contributed by atoms with E-state index in [1.165, 1.54) is 0 Å². The fourth-order valence-corrected chi connectivity index (χ4v) is 1.05. The summed E-state index contributed by atoms with van der Waals surface area (Å²) < 4.78 is 0. The lowest BCUT2D eigenvalue weighted by molar-refractivity contribution is -0.306. The van der Waals surface area contributed by atoms with Crippen LogP contribution in [0.4, 0.5) is 0 Å². The molecule has 0 aromatic heterocycles. The molecule has 0 aliphatic heterocycles. The fraction of sp³-hybridized carbons (Fsp3) is 0.800. The maximum absolute atomic E-state index is 11.4. The van der Waals surface area contributed by atoms with Crippen LogP contribution in [0.3, 0.4) is 0 Å². The highest BCUT2D eigenvalue weighted by Crippen LogP contribution is 2.10. The van der Waals surface area contributed by atoms with E-state index in [1.807, 2.05) is 13.8 Å². The molecule has 0 saturated carbocycles. The van der Waals surface area contributed by atoms with Crippen molar-refractivity contribution in [3.05, 3.63) is 0 Å². The first kappa shape index (κ1) is 12.9. The van der Waals surface area contributed by atoms with Gasteiger partial charge in [0.05, 0.1) is 0 Å². The van der Waals surface area contributed by atoms with Crippen molar-refractivity contribution < 1.29 is 14.7 Å². The molecule has 0 heterocycles. The van der Waals surface area contributed by atoms with Crippen LogP contribution in [0.15, 0.2) is 0 Å². The Hall–Kier alpha value is -1.06. The van der Waals surface area contributed by atoms with E-state index in [2.05, 4.69) is 5.32 Å². The summed E-state index contributed by atoms with van der Waals surface area (Å²) >= 11 is 0. The molecule has 0 saturated heterocycles. The minimum atomic E-state index is -1.15. The second-order valence-electron chi connectivity index (χ2n) is 4.23. The first-order valence-corrected chi connectivity index (χ1v) is 4.80. The molecule has 1 atom stereocenters. The van der Waals surface area contributed by atoms with Crippen LogP contribution in [0, 0.1) is 5.92 Å². The highest BCUT2D eigenvalue weighted by Gasteiger charge is 2.22. The van der Waals surface area contributed by atoms with Crippen LogP contribution in [0.5, 0.6) is 0 Å². The lowest BCUT2D eigenvalue weighted by atomic mass is 9.98. The van der Waals surface area contributed by atoms with Gasteiger partial charge in [-0.25, -0.2) is 0 Å². The summed E-state index contributed by atoms with van der Waals surface area (Å²) in [5.74, 6) is -1.35. The van der Waals surface area contributed by atoms with E-state index in [0.717, 1.165) is 6.42 Å². The van der Waals surface area contributed by atoms with Gasteiger partial charge in [-0.1, -0.05) is 13.8 Å². The van der Waals surface area contributed by atoms with Gasteiger partial charge in [0.2, 0.25) is 5.91 Å². The minimum Gasteiger partial charge on any atom is -0.550 e. The van der Waals surface area contributed by atoms with E-state index in [1.54, 1.807) is 13.8 Å². The SMILES string of the molecule is CCC(C)C(=O)NC(C)(C)CC(=O)[O-]. The van der Waals surface area contributed by atoms with Gasteiger partial charge in [0.1, 0.15) is 0 Å². The zero-order valence-corrected chi connectivity index (χ0v) is 9.22. The quantitative estimate of drug-likeness (QED) is 0.682. The predicted molar refractivity (Wildman–Crippen MR) is 51.3 cm³/mol. The summed E-state index contributed by atoms with van der Waals surface area (Å²) in [6, 6.07) is 0. The molecule has 1 N–H and O–H groups in total. The standard InChI is InChI=1S/C10H19NO3/c1-5-7(2)9(14)11-10(3,4)6-8(12)13/h7H,5-6H2,1-4H3,(H,11,14)(H,12,13)/p-1. The lowest BCUT2D eigenvalue weighted by Crippen LogP contribution is -2.48. The first-order chi connectivity index (χ1) is 6.28. The molecule has 0 aliphatic carbocycles. The van der Waals surface area contributed by atoms with Gasteiger partial charge in [0.25, 0.3) is 0 Å². The fourth-order valence-electron chi connectivity index (χ4n) is 1.05. The van der Waals surface area contributed by atoms with Crippen LogP contribution in [-0.2, 0) is 9.59 Å². The molecule has 0 radical (unpaired) electrons. The molecule has 82 valence electrons. The van der Waals surface area contributed by atoms with Crippen molar-refractivity contribution in [2.24, 2.45) is 5.92 Å². The monoisotopic (exact) mass is 200 g/mol. The molecule has 14 heavy (non-hydrogen) atoms. The maximum atomic E-state index is 11.4. The molecule has 0 spiro atoms. The maximum Gasteiger partial charge on any atom is 0.223 e. The second-order valence-corrected chi connectivity index (χ2v) is 4.23. The minimum absolute atomic E-state index is 0.0870. The van der Waals surface area contributed by atoms with E-state index in [9.17, 15) is 14.7 Å². The molecule has 0 bridgehead atoms. The molecule has 4 heteroatoms. The highest BCUT2D eigenvalue weighted by atomic mass is 16.4. The predicted octanol–water partition coefficient (Wildman–Crippen LogP) is 0.0673. The second kappa shape index (κ2) is 4.98. The molecule has 0 aliphatic rings. The zero-order chi connectivity index (χ0) is 11.4. The highest BCUT2D eigenvalue weighted by molar-refractivity contribution is 5.79. The van der Waals surface area contributed by atoms with Gasteiger partial charge in [-0.15, -0.1) is 0 Å². The number of rotatable bonds is 5. The van der Waals surface area contributed by atoms with Crippen molar-refractivity contribution in [3.63, 3.8) is 0 Å². The van der Waals surface area contributed by atoms with Gasteiger partial charge >= 0.3 is 0 Å². The Labute approximate surface area is 84.7 Å². The van der Waals surface area contributed by atoms with E-state index in [-0.39, 0.29) is 18.2 Å². The van der Waals surface area contributed by atoms with Gasteiger partial charge in [-0.3, -0.25) is 4.79 Å². The lowest BCUT2D eigenvalue weighted by Gasteiger charge is -2.28. The number of aliphatic carboxylic acids is 1. The molecule has 4 nitrogen and oxygen atoms in total. The third-order valence-corrected chi connectivity index (χ3v) is 2.11. The Kier molecular flexibility index (Phi) is 4.60. The zero-order valence-electron chi connectivity index (χ0n) is 9.22. The molecule has 0 fully saturated rings. The van der Waals surface area contributed by atoms with Gasteiger partial charge < -0.3 is 15.2 Å². The number of hydrogen-bond donors (Lipinski definition) is 1. The van der Waals surface area contributed by atoms with Crippen LogP contribution in [0.25, 0.3) is 0 Å². The van der Waals surface area contributed by atoms with Crippen molar-refractivity contribution in [2.45, 2.75) is 46.1 Å². The van der Waals surface area contributed by atoms with Crippen molar-refractivity contribution in [1.82, 2.24) is 5.32 Å². The van der Waals surface area contributed by atoms with E-state index in [4.69, 9.17) is 0 Å². The molecule has 0 rings (SSSR count). The van der Waals surface area contributed by atoms with E-state index < -0.39 is 11.5 Å². The summed E-state index contributed by atoms with van der Waals surface area (Å²) in [6.45, 7) is 7.06. The van der Waals surface area contributed by atoms with Crippen LogP contribution in [-0.4, -0.2) is 17.4 Å². The molecule has 0 aromatic rings. The van der Waals surface area contributed by atoms with Gasteiger partial charge in [0, 0.05) is 23.8 Å². The molecular weight excluding hydrogens is 182 g/mol. The first-order valence-electron chi connectivity index (χ1n) is 4.80. The number of hydrogen-bond acceptors (Lipinski definition) is 3. The Balaban J connectivity index is 4.21. The van der Waals surface area contributed by atoms with Crippen molar-refractivity contribution in [1.29, 1.82) is 0 Å². The number of nitrogens with one attached hydrogen (secondary N) is 1. The Morgan fingerprint density at radius 1 is 1.43 bits per heavy atom. The largest absolute Gasteiger partial charge is 0.550 e. The number of carboxylic acid groups (broad SMARTS) is 1. The summed E-state index contributed by atoms with van der Waals surface area (Å²) in [7, 11) is 0. The number of carboxylic acids is 1. The summed E-state index contributed by atoms with van der Waals surface area (Å²) in [4.78, 5) is 21.8. The summed E-state index contributed by atoms with van der Waals surface area (Å²) in [5, 5.41) is 13.1. The average molecular weight is 200 g/mol. The summed E-state index contributed by atoms with van der Waals surface area (Å²) in [5.41, 5.74) is -0.737. The normalized spacial score (nSPS) is 13.4. The van der Waals surface area contributed by atoms with Crippen molar-refractivity contribution >= 4 is 11.9 Å². The van der Waals surface area contributed by atoms with Crippen molar-refractivity contribution in [2.75, 3.05) is 0 Å². The molecule has 0 aromatic carbocycles. The third kappa shape index (κ3) is 4.84. The van der Waals surface area contributed by atoms with E-state index >= 15 is 0 Å². The Morgan fingerprint density at radius 3 is 2.29 bits per heavy atom. The number of carbonyl (C=O) groups excluding carboxylic acids is 2. The van der Waals surface area contributed by atoms with Crippen LogP contribution >= 0.6 is 0 Å². The molecule has 1 unspecified atom stereocenters. The topological polar surface area (TPSA) is 69.2 Å². The Bertz CT molecular complexity index is 223. The Morgan fingerprint density at radius 2 is 1.93 bits per heavy atom. The van der Waals surface area contributed by atoms with Gasteiger partial charge in [-0.2, -0.15) is 0 Å². The van der Waals surface area contributed by atoms with Crippen LogP contribution in [0.2, 0.25) is 0 Å². The molecular formula is C10H18NO3-. The number of amides is 1. The van der Waals surface area contributed by atoms with Crippen LogP contribution < -0.4 is 10.4 Å². The van der Waals surface area contributed by atoms with Gasteiger partial charge in [0.15, 0.2) is 0 Å². The van der Waals surface area contributed by atoms with Crippen molar-refractivity contribution in [3.8, 4) is 0 Å². The number of carbonyl (C=O) groups is 2. The molecule has 1 amide bonds. The van der Waals surface area contributed by atoms with Crippen LogP contribution in [0.1, 0.15) is 40.5 Å². The van der Waals surface area contributed by atoms with E-state index in [0.29, 0.717) is 0 Å². The smallest absolute Gasteiger partial charge is 0.223 e. The average Bonchev–Trinajstić information content (AvgIpc) is 1.99. The van der Waals surface area contributed by atoms with Gasteiger partial charge in [-0.05, 0) is 20.3 Å². The third-order valence-electron chi connectivity index (χ3n) is 2.11. The summed E-state index contributed by atoms with van der Waals surface area (Å²) in [6.07, 6.45) is 0.572.